The molecular weight excluding hydrogens is 182 g/mol. The molecule has 0 fully saturated rings. The summed E-state index contributed by atoms with van der Waals surface area (Å²) in [5.41, 5.74) is -0.290. The molecule has 14 heavy (non-hydrogen) atoms. The largest absolute Gasteiger partial charge is 0.393 e. The highest BCUT2D eigenvalue weighted by atomic mass is 16.5. The van der Waals surface area contributed by atoms with Gasteiger partial charge in [-0.05, 0) is 34.1 Å². The Morgan fingerprint density at radius 3 is 2.50 bits per heavy atom. The Kier molecular flexibility index (Phi) is 5.72. The van der Waals surface area contributed by atoms with Crippen molar-refractivity contribution in [1.82, 2.24) is 5.32 Å². The Bertz CT molecular complexity index is 173. The Labute approximate surface area is 85.6 Å². The Balaban J connectivity index is 3.47. The van der Waals surface area contributed by atoms with Crippen molar-refractivity contribution in [2.75, 3.05) is 13.2 Å². The van der Waals surface area contributed by atoms with Crippen molar-refractivity contribution >= 4 is 5.91 Å². The van der Waals surface area contributed by atoms with Crippen molar-refractivity contribution in [2.45, 2.75) is 45.8 Å². The van der Waals surface area contributed by atoms with E-state index in [4.69, 9.17) is 9.84 Å². The zero-order chi connectivity index (χ0) is 11.2. The Morgan fingerprint density at radius 2 is 2.07 bits per heavy atom. The second-order valence-electron chi connectivity index (χ2n) is 4.39. The normalized spacial score (nSPS) is 13.8. The van der Waals surface area contributed by atoms with Gasteiger partial charge in [0.2, 0.25) is 5.91 Å². The van der Waals surface area contributed by atoms with Crippen LogP contribution in [0, 0.1) is 0 Å². The number of hydrogen-bond donors (Lipinski definition) is 2. The summed E-state index contributed by atoms with van der Waals surface area (Å²) in [6.45, 7) is 7.95. The number of ether oxygens (including phenoxy) is 1. The smallest absolute Gasteiger partial charge is 0.246 e. The highest BCUT2D eigenvalue weighted by Crippen LogP contribution is 2.05. The first-order valence-corrected chi connectivity index (χ1v) is 4.90. The average molecular weight is 203 g/mol. The van der Waals surface area contributed by atoms with Gasteiger partial charge >= 0.3 is 0 Å². The molecule has 1 atom stereocenters. The van der Waals surface area contributed by atoms with E-state index in [9.17, 15) is 4.79 Å². The second kappa shape index (κ2) is 5.98. The molecule has 0 saturated carbocycles. The lowest BCUT2D eigenvalue weighted by molar-refractivity contribution is -0.130. The van der Waals surface area contributed by atoms with Crippen LogP contribution in [0.5, 0.6) is 0 Å². The third-order valence-corrected chi connectivity index (χ3v) is 1.52. The number of hydrogen-bond acceptors (Lipinski definition) is 3. The van der Waals surface area contributed by atoms with Gasteiger partial charge in [-0.1, -0.05) is 0 Å². The predicted molar refractivity (Wildman–Crippen MR) is 55.0 cm³/mol. The molecule has 0 heterocycles. The zero-order valence-electron chi connectivity index (χ0n) is 9.46. The SMILES string of the molecule is CC(O)CCNC(=O)COC(C)(C)C. The van der Waals surface area contributed by atoms with Crippen LogP contribution in [0.25, 0.3) is 0 Å². The van der Waals surface area contributed by atoms with Crippen molar-refractivity contribution in [3.63, 3.8) is 0 Å². The number of aliphatic hydroxyl groups is 1. The molecular formula is C10H21NO3. The molecule has 0 rings (SSSR count). The van der Waals surface area contributed by atoms with Gasteiger partial charge in [-0.25, -0.2) is 0 Å². The summed E-state index contributed by atoms with van der Waals surface area (Å²) < 4.78 is 5.27. The predicted octanol–water partition coefficient (Wildman–Crippen LogP) is 0.689. The van der Waals surface area contributed by atoms with Crippen LogP contribution in [-0.4, -0.2) is 35.9 Å². The molecule has 0 aromatic heterocycles. The topological polar surface area (TPSA) is 58.6 Å². The minimum Gasteiger partial charge on any atom is -0.393 e. The number of carbonyl (C=O) groups excluding carboxylic acids is 1. The van der Waals surface area contributed by atoms with Crippen molar-refractivity contribution in [1.29, 1.82) is 0 Å². The van der Waals surface area contributed by atoms with Gasteiger partial charge in [0.25, 0.3) is 0 Å². The van der Waals surface area contributed by atoms with E-state index >= 15 is 0 Å². The summed E-state index contributed by atoms with van der Waals surface area (Å²) in [6, 6.07) is 0. The van der Waals surface area contributed by atoms with Crippen molar-refractivity contribution < 1.29 is 14.6 Å². The molecule has 0 saturated heterocycles. The molecule has 0 bridgehead atoms. The van der Waals surface area contributed by atoms with Gasteiger partial charge in [0.05, 0.1) is 11.7 Å². The lowest BCUT2D eigenvalue weighted by atomic mass is 10.2. The maximum Gasteiger partial charge on any atom is 0.246 e. The molecule has 1 amide bonds. The molecule has 0 radical (unpaired) electrons. The summed E-state index contributed by atoms with van der Waals surface area (Å²) in [6.07, 6.45) is 0.195. The zero-order valence-corrected chi connectivity index (χ0v) is 9.46. The Hall–Kier alpha value is -0.610. The molecule has 0 aromatic rings. The van der Waals surface area contributed by atoms with E-state index in [1.807, 2.05) is 20.8 Å². The van der Waals surface area contributed by atoms with Crippen LogP contribution in [0.2, 0.25) is 0 Å². The van der Waals surface area contributed by atoms with Gasteiger partial charge in [-0.3, -0.25) is 4.79 Å². The van der Waals surface area contributed by atoms with Gasteiger partial charge in [0.15, 0.2) is 0 Å². The highest BCUT2D eigenvalue weighted by Gasteiger charge is 2.12. The van der Waals surface area contributed by atoms with Gasteiger partial charge < -0.3 is 15.2 Å². The van der Waals surface area contributed by atoms with Crippen LogP contribution in [0.1, 0.15) is 34.1 Å². The first kappa shape index (κ1) is 13.4. The monoisotopic (exact) mass is 203 g/mol. The van der Waals surface area contributed by atoms with E-state index in [0.29, 0.717) is 13.0 Å². The highest BCUT2D eigenvalue weighted by molar-refractivity contribution is 5.77. The lowest BCUT2D eigenvalue weighted by Gasteiger charge is -2.19. The van der Waals surface area contributed by atoms with Crippen molar-refractivity contribution in [3.05, 3.63) is 0 Å². The van der Waals surface area contributed by atoms with Crippen molar-refractivity contribution in [2.24, 2.45) is 0 Å². The van der Waals surface area contributed by atoms with Crippen LogP contribution < -0.4 is 5.32 Å². The fraction of sp³-hybridized carbons (Fsp3) is 0.900. The lowest BCUT2D eigenvalue weighted by Crippen LogP contribution is -2.33. The Morgan fingerprint density at radius 1 is 1.50 bits per heavy atom. The van der Waals surface area contributed by atoms with Crippen LogP contribution in [0.4, 0.5) is 0 Å². The molecule has 4 nitrogen and oxygen atoms in total. The third-order valence-electron chi connectivity index (χ3n) is 1.52. The molecule has 1 unspecified atom stereocenters. The van der Waals surface area contributed by atoms with Crippen LogP contribution in [-0.2, 0) is 9.53 Å². The van der Waals surface area contributed by atoms with Crippen LogP contribution in [0.3, 0.4) is 0 Å². The van der Waals surface area contributed by atoms with E-state index in [-0.39, 0.29) is 24.2 Å². The van der Waals surface area contributed by atoms with E-state index in [1.165, 1.54) is 0 Å². The van der Waals surface area contributed by atoms with Gasteiger partial charge in [-0.2, -0.15) is 0 Å². The maximum absolute atomic E-state index is 11.2. The van der Waals surface area contributed by atoms with E-state index < -0.39 is 0 Å². The number of carbonyl (C=O) groups is 1. The molecule has 0 aliphatic rings. The third kappa shape index (κ3) is 9.48. The summed E-state index contributed by atoms with van der Waals surface area (Å²) in [7, 11) is 0. The quantitative estimate of drug-likeness (QED) is 0.691. The van der Waals surface area contributed by atoms with Crippen LogP contribution >= 0.6 is 0 Å². The fourth-order valence-corrected chi connectivity index (χ4v) is 0.754. The van der Waals surface area contributed by atoms with Crippen LogP contribution in [0.15, 0.2) is 0 Å². The fourth-order valence-electron chi connectivity index (χ4n) is 0.754. The average Bonchev–Trinajstić information content (AvgIpc) is 1.99. The minimum absolute atomic E-state index is 0.0727. The standard InChI is InChI=1S/C10H21NO3/c1-8(12)5-6-11-9(13)7-14-10(2,3)4/h8,12H,5-7H2,1-4H3,(H,11,13). The first-order chi connectivity index (χ1) is 6.31. The van der Waals surface area contributed by atoms with Crippen molar-refractivity contribution in [3.8, 4) is 0 Å². The summed E-state index contributed by atoms with van der Waals surface area (Å²) in [5.74, 6) is -0.138. The molecule has 0 aliphatic carbocycles. The summed E-state index contributed by atoms with van der Waals surface area (Å²) in [5, 5.41) is 11.6. The molecule has 0 aromatic carbocycles. The van der Waals surface area contributed by atoms with Gasteiger partial charge in [0, 0.05) is 6.54 Å². The molecule has 4 heteroatoms. The van der Waals surface area contributed by atoms with Gasteiger partial charge in [0.1, 0.15) is 6.61 Å². The summed E-state index contributed by atoms with van der Waals surface area (Å²) in [4.78, 5) is 11.2. The summed E-state index contributed by atoms with van der Waals surface area (Å²) >= 11 is 0. The number of nitrogens with one attached hydrogen (secondary N) is 1. The number of aliphatic hydroxyl groups excluding tert-OH is 1. The molecule has 2 N–H and O–H groups in total. The molecule has 0 aliphatic heterocycles. The van der Waals surface area contributed by atoms with E-state index in [0.717, 1.165) is 0 Å². The minimum atomic E-state index is -0.376. The van der Waals surface area contributed by atoms with E-state index in [2.05, 4.69) is 5.32 Å². The molecule has 84 valence electrons. The first-order valence-electron chi connectivity index (χ1n) is 4.90. The number of rotatable bonds is 5. The van der Waals surface area contributed by atoms with E-state index in [1.54, 1.807) is 6.92 Å². The maximum atomic E-state index is 11.2. The second-order valence-corrected chi connectivity index (χ2v) is 4.39. The van der Waals surface area contributed by atoms with Gasteiger partial charge in [-0.15, -0.1) is 0 Å². The molecule has 0 spiro atoms. The number of amides is 1.